The molecule has 0 radical (unpaired) electrons. The van der Waals surface area contributed by atoms with E-state index in [9.17, 15) is 18.7 Å². The van der Waals surface area contributed by atoms with Crippen LogP contribution in [0.5, 0.6) is 0 Å². The van der Waals surface area contributed by atoms with Crippen LogP contribution in [0.3, 0.4) is 0 Å². The van der Waals surface area contributed by atoms with E-state index >= 15 is 0 Å². The topological polar surface area (TPSA) is 49.3 Å². The Balaban J connectivity index is 1.99. The zero-order chi connectivity index (χ0) is 16.8. The van der Waals surface area contributed by atoms with Gasteiger partial charge in [-0.15, -0.1) is 0 Å². The van der Waals surface area contributed by atoms with Crippen molar-refractivity contribution < 1.29 is 18.7 Å². The van der Waals surface area contributed by atoms with Gasteiger partial charge in [0.15, 0.2) is 0 Å². The van der Waals surface area contributed by atoms with Gasteiger partial charge >= 0.3 is 0 Å². The fourth-order valence-electron chi connectivity index (χ4n) is 2.16. The zero-order valence-electron chi connectivity index (χ0n) is 12.6. The first-order valence-electron chi connectivity index (χ1n) is 7.12. The molecule has 120 valence electrons. The average Bonchev–Trinajstić information content (AvgIpc) is 2.53. The van der Waals surface area contributed by atoms with Crippen molar-refractivity contribution in [3.63, 3.8) is 0 Å². The molecule has 2 aromatic carbocycles. The molecule has 5 heteroatoms. The molecule has 1 unspecified atom stereocenters. The molecule has 0 saturated heterocycles. The monoisotopic (exact) mass is 317 g/mol. The number of amides is 1. The molecule has 0 aliphatic rings. The number of allylic oxidation sites excluding steroid dienone is 1. The van der Waals surface area contributed by atoms with Crippen molar-refractivity contribution in [2.75, 3.05) is 6.54 Å². The number of carbonyl (C=O) groups is 1. The van der Waals surface area contributed by atoms with Gasteiger partial charge < -0.3 is 10.4 Å². The second kappa shape index (κ2) is 7.65. The lowest BCUT2D eigenvalue weighted by molar-refractivity contribution is -0.116. The molecule has 2 N–H and O–H groups in total. The van der Waals surface area contributed by atoms with E-state index in [0.717, 1.165) is 0 Å². The standard InChI is InChI=1S/C18H17F2NO2/c1-12(13-6-2-4-8-15(13)19)10-18(23)21-11-17(22)14-7-3-5-9-16(14)20/h2-10,17,22H,11H2,1H3,(H,21,23)/b12-10-. The van der Waals surface area contributed by atoms with E-state index in [1.807, 2.05) is 0 Å². The first-order chi connectivity index (χ1) is 11.0. The molecule has 0 aromatic heterocycles. The van der Waals surface area contributed by atoms with Gasteiger partial charge in [0.1, 0.15) is 11.6 Å². The number of aliphatic hydroxyl groups is 1. The molecule has 23 heavy (non-hydrogen) atoms. The van der Waals surface area contributed by atoms with E-state index in [-0.39, 0.29) is 12.1 Å². The SMILES string of the molecule is C/C(=C/C(=O)NCC(O)c1ccccc1F)c1ccccc1F. The fraction of sp³-hybridized carbons (Fsp3) is 0.167. The summed E-state index contributed by atoms with van der Waals surface area (Å²) in [7, 11) is 0. The van der Waals surface area contributed by atoms with Crippen molar-refractivity contribution in [3.05, 3.63) is 77.4 Å². The summed E-state index contributed by atoms with van der Waals surface area (Å²) >= 11 is 0. The first-order valence-corrected chi connectivity index (χ1v) is 7.12. The normalized spacial score (nSPS) is 12.8. The summed E-state index contributed by atoms with van der Waals surface area (Å²) in [5.74, 6) is -1.44. The van der Waals surface area contributed by atoms with E-state index in [1.54, 1.807) is 31.2 Å². The van der Waals surface area contributed by atoms with Crippen molar-refractivity contribution in [1.29, 1.82) is 0 Å². The summed E-state index contributed by atoms with van der Waals surface area (Å²) in [5, 5.41) is 12.4. The molecule has 0 heterocycles. The van der Waals surface area contributed by atoms with Crippen molar-refractivity contribution in [1.82, 2.24) is 5.32 Å². The molecular weight excluding hydrogens is 300 g/mol. The van der Waals surface area contributed by atoms with Crippen LogP contribution in [0.25, 0.3) is 5.57 Å². The highest BCUT2D eigenvalue weighted by Crippen LogP contribution is 2.18. The number of benzene rings is 2. The van der Waals surface area contributed by atoms with Crippen molar-refractivity contribution in [3.8, 4) is 0 Å². The maximum Gasteiger partial charge on any atom is 0.244 e. The molecule has 0 aliphatic heterocycles. The number of aliphatic hydroxyl groups excluding tert-OH is 1. The Morgan fingerprint density at radius 3 is 2.39 bits per heavy atom. The van der Waals surface area contributed by atoms with E-state index in [1.165, 1.54) is 30.3 Å². The number of rotatable bonds is 5. The Morgan fingerprint density at radius 1 is 1.13 bits per heavy atom. The Labute approximate surface area is 133 Å². The van der Waals surface area contributed by atoms with Gasteiger partial charge in [0.05, 0.1) is 6.10 Å². The van der Waals surface area contributed by atoms with Crippen LogP contribution in [0.15, 0.2) is 54.6 Å². The third-order valence-electron chi connectivity index (χ3n) is 3.38. The Morgan fingerprint density at radius 2 is 1.74 bits per heavy atom. The van der Waals surface area contributed by atoms with Gasteiger partial charge in [-0.25, -0.2) is 8.78 Å². The summed E-state index contributed by atoms with van der Waals surface area (Å²) in [4.78, 5) is 11.8. The van der Waals surface area contributed by atoms with E-state index in [4.69, 9.17) is 0 Å². The summed E-state index contributed by atoms with van der Waals surface area (Å²) in [6.45, 7) is 1.48. The highest BCUT2D eigenvalue weighted by molar-refractivity contribution is 5.94. The van der Waals surface area contributed by atoms with Crippen molar-refractivity contribution in [2.24, 2.45) is 0 Å². The summed E-state index contributed by atoms with van der Waals surface area (Å²) in [6, 6.07) is 11.9. The largest absolute Gasteiger partial charge is 0.386 e. The number of nitrogens with one attached hydrogen (secondary N) is 1. The molecular formula is C18H17F2NO2. The van der Waals surface area contributed by atoms with E-state index in [0.29, 0.717) is 11.1 Å². The predicted molar refractivity (Wildman–Crippen MR) is 84.4 cm³/mol. The van der Waals surface area contributed by atoms with Crippen LogP contribution in [0.2, 0.25) is 0 Å². The van der Waals surface area contributed by atoms with Gasteiger partial charge in [0.2, 0.25) is 5.91 Å². The Bertz CT molecular complexity index is 728. The van der Waals surface area contributed by atoms with Crippen molar-refractivity contribution >= 4 is 11.5 Å². The quantitative estimate of drug-likeness (QED) is 0.832. The molecule has 1 amide bonds. The highest BCUT2D eigenvalue weighted by Gasteiger charge is 2.13. The molecule has 0 spiro atoms. The lowest BCUT2D eigenvalue weighted by atomic mass is 10.1. The molecule has 0 bridgehead atoms. The third-order valence-corrected chi connectivity index (χ3v) is 3.38. The van der Waals surface area contributed by atoms with Gasteiger partial charge in [-0.1, -0.05) is 36.4 Å². The lowest BCUT2D eigenvalue weighted by Crippen LogP contribution is -2.27. The summed E-state index contributed by atoms with van der Waals surface area (Å²) in [6.07, 6.45) is 0.0919. The minimum absolute atomic E-state index is 0.114. The van der Waals surface area contributed by atoms with Gasteiger partial charge in [-0.05, 0) is 24.6 Å². The number of halogens is 2. The number of hydrogen-bond donors (Lipinski definition) is 2. The van der Waals surface area contributed by atoms with Crippen LogP contribution < -0.4 is 5.32 Å². The second-order valence-electron chi connectivity index (χ2n) is 5.09. The smallest absolute Gasteiger partial charge is 0.244 e. The van der Waals surface area contributed by atoms with Crippen LogP contribution in [-0.2, 0) is 4.79 Å². The molecule has 1 atom stereocenters. The molecule has 3 nitrogen and oxygen atoms in total. The van der Waals surface area contributed by atoms with Crippen LogP contribution in [0, 0.1) is 11.6 Å². The number of hydrogen-bond acceptors (Lipinski definition) is 2. The van der Waals surface area contributed by atoms with E-state index < -0.39 is 23.6 Å². The molecule has 2 rings (SSSR count). The average molecular weight is 317 g/mol. The lowest BCUT2D eigenvalue weighted by Gasteiger charge is -2.12. The summed E-state index contributed by atoms with van der Waals surface area (Å²) in [5.41, 5.74) is 0.904. The predicted octanol–water partition coefficient (Wildman–Crippen LogP) is 3.22. The summed E-state index contributed by atoms with van der Waals surface area (Å²) < 4.78 is 27.1. The van der Waals surface area contributed by atoms with Crippen LogP contribution in [-0.4, -0.2) is 17.6 Å². The molecule has 0 saturated carbocycles. The molecule has 2 aromatic rings. The molecule has 0 fully saturated rings. The zero-order valence-corrected chi connectivity index (χ0v) is 12.6. The Hall–Kier alpha value is -2.53. The maximum absolute atomic E-state index is 13.6. The van der Waals surface area contributed by atoms with Gasteiger partial charge in [-0.3, -0.25) is 4.79 Å². The van der Waals surface area contributed by atoms with E-state index in [2.05, 4.69) is 5.32 Å². The van der Waals surface area contributed by atoms with Gasteiger partial charge in [0.25, 0.3) is 0 Å². The van der Waals surface area contributed by atoms with Crippen LogP contribution >= 0.6 is 0 Å². The fourth-order valence-corrected chi connectivity index (χ4v) is 2.16. The Kier molecular flexibility index (Phi) is 5.60. The second-order valence-corrected chi connectivity index (χ2v) is 5.09. The maximum atomic E-state index is 13.6. The van der Waals surface area contributed by atoms with Crippen molar-refractivity contribution in [2.45, 2.75) is 13.0 Å². The first kappa shape index (κ1) is 16.8. The number of carbonyl (C=O) groups excluding carboxylic acids is 1. The third kappa shape index (κ3) is 4.47. The minimum atomic E-state index is -1.15. The van der Waals surface area contributed by atoms with Gasteiger partial charge in [-0.2, -0.15) is 0 Å². The van der Waals surface area contributed by atoms with Crippen LogP contribution in [0.1, 0.15) is 24.2 Å². The minimum Gasteiger partial charge on any atom is -0.386 e. The van der Waals surface area contributed by atoms with Gasteiger partial charge in [0, 0.05) is 23.7 Å². The highest BCUT2D eigenvalue weighted by atomic mass is 19.1. The molecule has 0 aliphatic carbocycles. The van der Waals surface area contributed by atoms with Crippen LogP contribution in [0.4, 0.5) is 8.78 Å².